The molecule has 1 rings (SSSR count). The highest BCUT2D eigenvalue weighted by atomic mass is 16.5. The van der Waals surface area contributed by atoms with E-state index >= 15 is 0 Å². The number of aliphatic imine (C=N–C) groups is 1. The normalized spacial score (nSPS) is 13.3. The molecule has 0 aromatic heterocycles. The number of hydrogen-bond acceptors (Lipinski definition) is 2. The van der Waals surface area contributed by atoms with Crippen LogP contribution in [0.2, 0.25) is 0 Å². The largest absolute Gasteiger partial charge is 0.497 e. The van der Waals surface area contributed by atoms with Gasteiger partial charge in [-0.1, -0.05) is 32.9 Å². The second kappa shape index (κ2) is 8.46. The molecule has 20 heavy (non-hydrogen) atoms. The zero-order valence-corrected chi connectivity index (χ0v) is 13.0. The predicted molar refractivity (Wildman–Crippen MR) is 85.4 cm³/mol. The van der Waals surface area contributed by atoms with Crippen molar-refractivity contribution >= 4 is 5.96 Å². The summed E-state index contributed by atoms with van der Waals surface area (Å²) in [5.41, 5.74) is 7.12. The highest BCUT2D eigenvalue weighted by Crippen LogP contribution is 2.21. The molecule has 0 heterocycles. The molecule has 0 aliphatic heterocycles. The number of nitrogens with one attached hydrogen (secondary N) is 1. The van der Waals surface area contributed by atoms with Crippen molar-refractivity contribution in [2.24, 2.45) is 16.6 Å². The van der Waals surface area contributed by atoms with Gasteiger partial charge in [0.25, 0.3) is 0 Å². The summed E-state index contributed by atoms with van der Waals surface area (Å²) in [6.07, 6.45) is 1.02. The number of hydrogen-bond donors (Lipinski definition) is 2. The molecular formula is C16H27N3O. The number of ether oxygens (including phenoxy) is 1. The van der Waals surface area contributed by atoms with E-state index in [1.54, 1.807) is 7.11 Å². The topological polar surface area (TPSA) is 59.6 Å². The Bertz CT molecular complexity index is 412. The van der Waals surface area contributed by atoms with Gasteiger partial charge in [-0.15, -0.1) is 0 Å². The maximum atomic E-state index is 5.81. The Balaban J connectivity index is 2.35. The molecule has 0 saturated heterocycles. The van der Waals surface area contributed by atoms with Crippen LogP contribution in [-0.2, 0) is 0 Å². The lowest BCUT2D eigenvalue weighted by molar-refractivity contribution is 0.414. The van der Waals surface area contributed by atoms with E-state index in [0.717, 1.165) is 25.3 Å². The Labute approximate surface area is 122 Å². The van der Waals surface area contributed by atoms with Crippen LogP contribution in [0.3, 0.4) is 0 Å². The second-order valence-electron chi connectivity index (χ2n) is 5.51. The Kier molecular flexibility index (Phi) is 6.91. The third-order valence-electron chi connectivity index (χ3n) is 3.20. The summed E-state index contributed by atoms with van der Waals surface area (Å²) < 4.78 is 5.16. The predicted octanol–water partition coefficient (Wildman–Crippen LogP) is 2.75. The van der Waals surface area contributed by atoms with E-state index in [1.807, 2.05) is 12.1 Å². The molecule has 1 aromatic carbocycles. The lowest BCUT2D eigenvalue weighted by Gasteiger charge is -2.13. The molecule has 0 spiro atoms. The fourth-order valence-corrected chi connectivity index (χ4v) is 1.85. The van der Waals surface area contributed by atoms with Crippen LogP contribution in [0.25, 0.3) is 0 Å². The van der Waals surface area contributed by atoms with E-state index in [9.17, 15) is 0 Å². The Hall–Kier alpha value is -1.71. The molecule has 0 amide bonds. The van der Waals surface area contributed by atoms with Gasteiger partial charge in [-0.3, -0.25) is 4.99 Å². The third-order valence-corrected chi connectivity index (χ3v) is 3.20. The monoisotopic (exact) mass is 277 g/mol. The minimum atomic E-state index is 0.478. The van der Waals surface area contributed by atoms with Crippen molar-refractivity contribution in [3.05, 3.63) is 29.8 Å². The SMILES string of the molecule is COc1ccc(C(C)CCNC(N)=NCC(C)C)cc1. The van der Waals surface area contributed by atoms with Crippen LogP contribution in [0, 0.1) is 5.92 Å². The van der Waals surface area contributed by atoms with Gasteiger partial charge in [0, 0.05) is 13.1 Å². The average Bonchev–Trinajstić information content (AvgIpc) is 2.45. The number of methoxy groups -OCH3 is 1. The van der Waals surface area contributed by atoms with Crippen LogP contribution in [-0.4, -0.2) is 26.2 Å². The summed E-state index contributed by atoms with van der Waals surface area (Å²) in [6, 6.07) is 8.22. The first-order valence-electron chi connectivity index (χ1n) is 7.20. The van der Waals surface area contributed by atoms with Crippen LogP contribution in [0.4, 0.5) is 0 Å². The Morgan fingerprint density at radius 1 is 1.25 bits per heavy atom. The van der Waals surface area contributed by atoms with Crippen LogP contribution in [0.15, 0.2) is 29.3 Å². The zero-order chi connectivity index (χ0) is 15.0. The highest BCUT2D eigenvalue weighted by Gasteiger charge is 2.05. The molecule has 0 aliphatic carbocycles. The van der Waals surface area contributed by atoms with E-state index in [0.29, 0.717) is 17.8 Å². The molecule has 112 valence electrons. The Morgan fingerprint density at radius 3 is 2.45 bits per heavy atom. The van der Waals surface area contributed by atoms with Gasteiger partial charge in [0.15, 0.2) is 5.96 Å². The maximum Gasteiger partial charge on any atom is 0.188 e. The van der Waals surface area contributed by atoms with Crippen molar-refractivity contribution in [2.45, 2.75) is 33.1 Å². The molecular weight excluding hydrogens is 250 g/mol. The summed E-state index contributed by atoms with van der Waals surface area (Å²) >= 11 is 0. The smallest absolute Gasteiger partial charge is 0.188 e. The molecule has 0 fully saturated rings. The average molecular weight is 277 g/mol. The maximum absolute atomic E-state index is 5.81. The molecule has 1 aromatic rings. The first-order chi connectivity index (χ1) is 9.52. The van der Waals surface area contributed by atoms with Gasteiger partial charge in [-0.05, 0) is 36.0 Å². The minimum absolute atomic E-state index is 0.478. The second-order valence-corrected chi connectivity index (χ2v) is 5.51. The molecule has 0 bridgehead atoms. The van der Waals surface area contributed by atoms with Crippen molar-refractivity contribution in [1.82, 2.24) is 5.32 Å². The van der Waals surface area contributed by atoms with Gasteiger partial charge in [0.2, 0.25) is 0 Å². The number of guanidine groups is 1. The lowest BCUT2D eigenvalue weighted by atomic mass is 9.98. The van der Waals surface area contributed by atoms with Gasteiger partial charge in [-0.25, -0.2) is 0 Å². The van der Waals surface area contributed by atoms with Crippen molar-refractivity contribution in [3.63, 3.8) is 0 Å². The lowest BCUT2D eigenvalue weighted by Crippen LogP contribution is -2.33. The molecule has 0 radical (unpaired) electrons. The molecule has 0 saturated carbocycles. The first kappa shape index (κ1) is 16.3. The third kappa shape index (κ3) is 5.95. The number of nitrogens with two attached hydrogens (primary N) is 1. The van der Waals surface area contributed by atoms with Gasteiger partial charge in [0.05, 0.1) is 7.11 Å². The van der Waals surface area contributed by atoms with Crippen LogP contribution in [0.1, 0.15) is 38.7 Å². The van der Waals surface area contributed by atoms with Crippen molar-refractivity contribution in [3.8, 4) is 5.75 Å². The summed E-state index contributed by atoms with van der Waals surface area (Å²) in [5.74, 6) is 2.45. The Morgan fingerprint density at radius 2 is 1.90 bits per heavy atom. The fourth-order valence-electron chi connectivity index (χ4n) is 1.85. The summed E-state index contributed by atoms with van der Waals surface area (Å²) in [6.45, 7) is 8.07. The van der Waals surface area contributed by atoms with Gasteiger partial charge in [0.1, 0.15) is 5.75 Å². The zero-order valence-electron chi connectivity index (χ0n) is 13.0. The molecule has 4 nitrogen and oxygen atoms in total. The van der Waals surface area contributed by atoms with Crippen LogP contribution < -0.4 is 15.8 Å². The highest BCUT2D eigenvalue weighted by molar-refractivity contribution is 5.77. The number of nitrogens with zero attached hydrogens (tertiary/aromatic N) is 1. The minimum Gasteiger partial charge on any atom is -0.497 e. The summed E-state index contributed by atoms with van der Waals surface area (Å²) in [7, 11) is 1.68. The molecule has 1 unspecified atom stereocenters. The van der Waals surface area contributed by atoms with E-state index in [-0.39, 0.29) is 0 Å². The van der Waals surface area contributed by atoms with Crippen molar-refractivity contribution < 1.29 is 4.74 Å². The van der Waals surface area contributed by atoms with E-state index in [2.05, 4.69) is 43.2 Å². The van der Waals surface area contributed by atoms with E-state index in [1.165, 1.54) is 5.56 Å². The van der Waals surface area contributed by atoms with Gasteiger partial charge >= 0.3 is 0 Å². The van der Waals surface area contributed by atoms with Crippen molar-refractivity contribution in [1.29, 1.82) is 0 Å². The number of benzene rings is 1. The first-order valence-corrected chi connectivity index (χ1v) is 7.20. The van der Waals surface area contributed by atoms with Crippen molar-refractivity contribution in [2.75, 3.05) is 20.2 Å². The molecule has 1 atom stereocenters. The summed E-state index contributed by atoms with van der Waals surface area (Å²) in [4.78, 5) is 4.28. The molecule has 0 aliphatic rings. The quantitative estimate of drug-likeness (QED) is 0.595. The number of rotatable bonds is 7. The van der Waals surface area contributed by atoms with Crippen LogP contribution >= 0.6 is 0 Å². The molecule has 3 N–H and O–H groups in total. The van der Waals surface area contributed by atoms with Crippen LogP contribution in [0.5, 0.6) is 5.75 Å². The standard InChI is InChI=1S/C16H27N3O/c1-12(2)11-19-16(17)18-10-9-13(3)14-5-7-15(20-4)8-6-14/h5-8,12-13H,9-11H2,1-4H3,(H3,17,18,19). The van der Waals surface area contributed by atoms with E-state index in [4.69, 9.17) is 10.5 Å². The fraction of sp³-hybridized carbons (Fsp3) is 0.562. The van der Waals surface area contributed by atoms with Gasteiger partial charge < -0.3 is 15.8 Å². The van der Waals surface area contributed by atoms with Gasteiger partial charge in [-0.2, -0.15) is 0 Å². The summed E-state index contributed by atoms with van der Waals surface area (Å²) in [5, 5.41) is 3.16. The molecule has 4 heteroatoms. The van der Waals surface area contributed by atoms with E-state index < -0.39 is 0 Å².